The molecule has 2 heterocycles. The van der Waals surface area contributed by atoms with Crippen molar-refractivity contribution in [1.29, 1.82) is 0 Å². The van der Waals surface area contributed by atoms with Gasteiger partial charge in [0.15, 0.2) is 0 Å². The van der Waals surface area contributed by atoms with Crippen LogP contribution in [0.4, 0.5) is 0 Å². The Morgan fingerprint density at radius 3 is 2.65 bits per heavy atom. The van der Waals surface area contributed by atoms with Gasteiger partial charge in [0.25, 0.3) is 5.56 Å². The number of fused-ring (bicyclic) bond motifs is 1. The third kappa shape index (κ3) is 2.55. The van der Waals surface area contributed by atoms with Crippen molar-refractivity contribution >= 4 is 27.5 Å². The molecule has 0 saturated carbocycles. The molecule has 0 radical (unpaired) electrons. The van der Waals surface area contributed by atoms with E-state index in [4.69, 9.17) is 0 Å². The van der Waals surface area contributed by atoms with Gasteiger partial charge in [0.05, 0.1) is 11.7 Å². The Kier molecular flexibility index (Phi) is 4.00. The fraction of sp³-hybridized carbons (Fsp3) is 0.235. The van der Waals surface area contributed by atoms with E-state index in [1.807, 2.05) is 37.3 Å². The van der Waals surface area contributed by atoms with Crippen LogP contribution in [0.25, 0.3) is 21.3 Å². The number of hydrogen-bond donors (Lipinski definition) is 1. The van der Waals surface area contributed by atoms with E-state index in [1.165, 1.54) is 22.2 Å². The molecular formula is C17H16N2O3S. The number of thiophene rings is 1. The zero-order valence-corrected chi connectivity index (χ0v) is 13.6. The maximum Gasteiger partial charge on any atom is 0.326 e. The summed E-state index contributed by atoms with van der Waals surface area (Å²) in [7, 11) is 0. The highest BCUT2D eigenvalue weighted by atomic mass is 32.1. The highest BCUT2D eigenvalue weighted by Crippen LogP contribution is 2.35. The number of carboxylic acid groups (broad SMARTS) is 1. The molecule has 1 N–H and O–H groups in total. The second-order valence-electron chi connectivity index (χ2n) is 5.30. The lowest BCUT2D eigenvalue weighted by molar-refractivity contribution is -0.141. The highest BCUT2D eigenvalue weighted by molar-refractivity contribution is 7.19. The van der Waals surface area contributed by atoms with Crippen LogP contribution >= 0.6 is 11.3 Å². The first-order chi connectivity index (χ1) is 11.0. The number of hydrogen-bond acceptors (Lipinski definition) is 4. The maximum absolute atomic E-state index is 12.9. The molecule has 6 heteroatoms. The SMILES string of the molecule is CC[C@H](C(=O)O)n1cnc2sc(C)c(-c3ccccc3)c2c1=O. The van der Waals surface area contributed by atoms with Crippen LogP contribution in [-0.2, 0) is 4.79 Å². The Hall–Kier alpha value is -2.47. The van der Waals surface area contributed by atoms with E-state index in [-0.39, 0.29) is 5.56 Å². The number of aryl methyl sites for hydroxylation is 1. The van der Waals surface area contributed by atoms with Crippen LogP contribution in [0.2, 0.25) is 0 Å². The summed E-state index contributed by atoms with van der Waals surface area (Å²) in [6.45, 7) is 3.69. The molecule has 1 atom stereocenters. The van der Waals surface area contributed by atoms with Crippen LogP contribution in [0.1, 0.15) is 24.3 Å². The zero-order valence-electron chi connectivity index (χ0n) is 12.8. The lowest BCUT2D eigenvalue weighted by Gasteiger charge is -2.13. The van der Waals surface area contributed by atoms with Crippen LogP contribution in [0, 0.1) is 6.92 Å². The molecule has 0 unspecified atom stereocenters. The van der Waals surface area contributed by atoms with Crippen LogP contribution < -0.4 is 5.56 Å². The minimum atomic E-state index is -1.02. The topological polar surface area (TPSA) is 72.2 Å². The predicted octanol–water partition coefficient (Wildman–Crippen LogP) is 3.47. The molecule has 23 heavy (non-hydrogen) atoms. The molecule has 0 amide bonds. The van der Waals surface area contributed by atoms with E-state index in [2.05, 4.69) is 4.98 Å². The number of carboxylic acids is 1. The quantitative estimate of drug-likeness (QED) is 0.796. The van der Waals surface area contributed by atoms with Gasteiger partial charge in [-0.1, -0.05) is 37.3 Å². The first kappa shape index (κ1) is 15.4. The molecule has 0 aliphatic rings. The third-order valence-corrected chi connectivity index (χ3v) is 4.90. The van der Waals surface area contributed by atoms with Crippen LogP contribution in [0.3, 0.4) is 0 Å². The van der Waals surface area contributed by atoms with E-state index >= 15 is 0 Å². The van der Waals surface area contributed by atoms with Gasteiger partial charge in [-0.15, -0.1) is 11.3 Å². The summed E-state index contributed by atoms with van der Waals surface area (Å²) in [5.41, 5.74) is 1.49. The van der Waals surface area contributed by atoms with E-state index < -0.39 is 12.0 Å². The molecule has 3 aromatic rings. The number of aromatic nitrogens is 2. The number of benzene rings is 1. The Balaban J connectivity index is 2.33. The van der Waals surface area contributed by atoms with Crippen molar-refractivity contribution in [2.75, 3.05) is 0 Å². The van der Waals surface area contributed by atoms with E-state index in [0.717, 1.165) is 16.0 Å². The third-order valence-electron chi connectivity index (χ3n) is 3.88. The molecule has 5 nitrogen and oxygen atoms in total. The molecule has 0 aliphatic carbocycles. The standard InChI is InChI=1S/C17H16N2O3S/c1-3-12(17(21)22)19-9-18-15-14(16(19)20)13(10(2)23-15)11-7-5-4-6-8-11/h4-9,12H,3H2,1-2H3,(H,21,22)/t12-/m1/s1. The summed E-state index contributed by atoms with van der Waals surface area (Å²) >= 11 is 1.45. The average Bonchev–Trinajstić information content (AvgIpc) is 2.88. The van der Waals surface area contributed by atoms with Gasteiger partial charge in [0.2, 0.25) is 0 Å². The predicted molar refractivity (Wildman–Crippen MR) is 91.0 cm³/mol. The smallest absolute Gasteiger partial charge is 0.326 e. The number of carbonyl (C=O) groups is 1. The van der Waals surface area contributed by atoms with Gasteiger partial charge in [-0.05, 0) is 18.9 Å². The minimum Gasteiger partial charge on any atom is -0.480 e. The molecule has 3 rings (SSSR count). The van der Waals surface area contributed by atoms with Crippen molar-refractivity contribution in [2.24, 2.45) is 0 Å². The Bertz CT molecular complexity index is 928. The lowest BCUT2D eigenvalue weighted by Crippen LogP contribution is -2.29. The van der Waals surface area contributed by atoms with Gasteiger partial charge in [-0.2, -0.15) is 0 Å². The number of aliphatic carboxylic acids is 1. The summed E-state index contributed by atoms with van der Waals surface area (Å²) in [5, 5.41) is 9.83. The summed E-state index contributed by atoms with van der Waals surface area (Å²) in [5.74, 6) is -1.02. The fourth-order valence-corrected chi connectivity index (χ4v) is 3.78. The van der Waals surface area contributed by atoms with Gasteiger partial charge in [0, 0.05) is 10.4 Å². The molecule has 1 aromatic carbocycles. The van der Waals surface area contributed by atoms with E-state index in [9.17, 15) is 14.7 Å². The Morgan fingerprint density at radius 2 is 2.04 bits per heavy atom. The molecule has 0 bridgehead atoms. The van der Waals surface area contributed by atoms with Crippen LogP contribution in [0.15, 0.2) is 41.5 Å². The molecule has 0 aliphatic heterocycles. The normalized spacial score (nSPS) is 12.4. The van der Waals surface area contributed by atoms with E-state index in [0.29, 0.717) is 16.6 Å². The van der Waals surface area contributed by atoms with Crippen molar-refractivity contribution in [3.8, 4) is 11.1 Å². The zero-order chi connectivity index (χ0) is 16.6. The monoisotopic (exact) mass is 328 g/mol. The average molecular weight is 328 g/mol. The Morgan fingerprint density at radius 1 is 1.35 bits per heavy atom. The van der Waals surface area contributed by atoms with Crippen molar-refractivity contribution < 1.29 is 9.90 Å². The van der Waals surface area contributed by atoms with Gasteiger partial charge in [-0.25, -0.2) is 9.78 Å². The molecule has 0 spiro atoms. The molecular weight excluding hydrogens is 312 g/mol. The van der Waals surface area contributed by atoms with Crippen LogP contribution in [-0.4, -0.2) is 20.6 Å². The molecule has 0 saturated heterocycles. The minimum absolute atomic E-state index is 0.299. The van der Waals surface area contributed by atoms with Crippen molar-refractivity contribution in [3.63, 3.8) is 0 Å². The largest absolute Gasteiger partial charge is 0.480 e. The highest BCUT2D eigenvalue weighted by Gasteiger charge is 2.23. The van der Waals surface area contributed by atoms with E-state index in [1.54, 1.807) is 6.92 Å². The van der Waals surface area contributed by atoms with Crippen molar-refractivity contribution in [3.05, 3.63) is 51.9 Å². The Labute approximate surface area is 136 Å². The second kappa shape index (κ2) is 5.96. The number of rotatable bonds is 4. The van der Waals surface area contributed by atoms with Crippen molar-refractivity contribution in [2.45, 2.75) is 26.3 Å². The first-order valence-corrected chi connectivity index (χ1v) is 8.14. The lowest BCUT2D eigenvalue weighted by atomic mass is 10.0. The van der Waals surface area contributed by atoms with Gasteiger partial charge in [0.1, 0.15) is 10.9 Å². The number of nitrogens with zero attached hydrogens (tertiary/aromatic N) is 2. The van der Waals surface area contributed by atoms with Gasteiger partial charge < -0.3 is 5.11 Å². The molecule has 118 valence electrons. The van der Waals surface area contributed by atoms with Crippen LogP contribution in [0.5, 0.6) is 0 Å². The van der Waals surface area contributed by atoms with Crippen molar-refractivity contribution in [1.82, 2.24) is 9.55 Å². The van der Waals surface area contributed by atoms with Gasteiger partial charge >= 0.3 is 5.97 Å². The second-order valence-corrected chi connectivity index (χ2v) is 6.50. The molecule has 0 fully saturated rings. The molecule has 2 aromatic heterocycles. The fourth-order valence-electron chi connectivity index (χ4n) is 2.78. The summed E-state index contributed by atoms with van der Waals surface area (Å²) in [6, 6.07) is 8.74. The van der Waals surface area contributed by atoms with Gasteiger partial charge in [-0.3, -0.25) is 9.36 Å². The summed E-state index contributed by atoms with van der Waals surface area (Å²) in [6.07, 6.45) is 1.67. The first-order valence-electron chi connectivity index (χ1n) is 7.33. The summed E-state index contributed by atoms with van der Waals surface area (Å²) < 4.78 is 1.23. The summed E-state index contributed by atoms with van der Waals surface area (Å²) in [4.78, 5) is 30.3. The maximum atomic E-state index is 12.9.